The van der Waals surface area contributed by atoms with Crippen LogP contribution >= 0.6 is 0 Å². The fourth-order valence-electron chi connectivity index (χ4n) is 7.12. The standard InChI is InChI=1S/C33H46O2/c1-21(2)18-24-10-12-25(13-11-24)23(5)31(34)35-29-20-28-26(19-27(29)22(3)4)14-15-30-32(6,7)16-9-17-33(28,30)8/h10-13,19-23,30H,9,14-18H2,1-8H3/t23-,30-,33+/m0/s1. The van der Waals surface area contributed by atoms with Crippen molar-refractivity contribution in [1.82, 2.24) is 0 Å². The molecule has 1 fully saturated rings. The summed E-state index contributed by atoms with van der Waals surface area (Å²) < 4.78 is 6.22. The summed E-state index contributed by atoms with van der Waals surface area (Å²) in [5.41, 5.74) is 6.91. The first-order valence-corrected chi connectivity index (χ1v) is 13.9. The molecule has 0 amide bonds. The van der Waals surface area contributed by atoms with Gasteiger partial charge in [-0.25, -0.2) is 0 Å². The zero-order valence-electron chi connectivity index (χ0n) is 23.3. The Balaban J connectivity index is 1.63. The summed E-state index contributed by atoms with van der Waals surface area (Å²) in [5.74, 6) is 1.92. The van der Waals surface area contributed by atoms with Crippen LogP contribution in [0.2, 0.25) is 0 Å². The van der Waals surface area contributed by atoms with Crippen molar-refractivity contribution in [3.63, 3.8) is 0 Å². The summed E-state index contributed by atoms with van der Waals surface area (Å²) in [6.45, 7) is 18.2. The second-order valence-electron chi connectivity index (χ2n) is 13.0. The molecule has 2 nitrogen and oxygen atoms in total. The Bertz CT molecular complexity index is 1060. The van der Waals surface area contributed by atoms with Crippen molar-refractivity contribution < 1.29 is 9.53 Å². The normalized spacial score (nSPS) is 24.1. The maximum Gasteiger partial charge on any atom is 0.318 e. The molecule has 0 spiro atoms. The van der Waals surface area contributed by atoms with Crippen molar-refractivity contribution in [2.45, 2.75) is 111 Å². The molecule has 4 rings (SSSR count). The number of rotatable bonds is 6. The number of carbonyl (C=O) groups excluding carboxylic acids is 1. The van der Waals surface area contributed by atoms with Crippen LogP contribution < -0.4 is 4.74 Å². The molecule has 0 heterocycles. The van der Waals surface area contributed by atoms with E-state index in [0.717, 1.165) is 29.7 Å². The highest BCUT2D eigenvalue weighted by atomic mass is 16.5. The number of benzene rings is 2. The first kappa shape index (κ1) is 26.0. The van der Waals surface area contributed by atoms with Gasteiger partial charge in [0, 0.05) is 0 Å². The van der Waals surface area contributed by atoms with Crippen LogP contribution in [0, 0.1) is 17.3 Å². The van der Waals surface area contributed by atoms with E-state index in [0.29, 0.717) is 23.2 Å². The van der Waals surface area contributed by atoms with Crippen molar-refractivity contribution in [2.24, 2.45) is 17.3 Å². The van der Waals surface area contributed by atoms with Crippen molar-refractivity contribution >= 4 is 5.97 Å². The monoisotopic (exact) mass is 474 g/mol. The van der Waals surface area contributed by atoms with E-state index in [1.807, 2.05) is 6.92 Å². The Hall–Kier alpha value is -2.09. The predicted octanol–water partition coefficient (Wildman–Crippen LogP) is 8.75. The Morgan fingerprint density at radius 2 is 1.69 bits per heavy atom. The Morgan fingerprint density at radius 1 is 1.00 bits per heavy atom. The van der Waals surface area contributed by atoms with Gasteiger partial charge in [-0.2, -0.15) is 0 Å². The van der Waals surface area contributed by atoms with E-state index in [1.54, 1.807) is 0 Å². The van der Waals surface area contributed by atoms with E-state index < -0.39 is 0 Å². The van der Waals surface area contributed by atoms with Gasteiger partial charge in [0.05, 0.1) is 5.92 Å². The Kier molecular flexibility index (Phi) is 7.24. The van der Waals surface area contributed by atoms with Crippen LogP contribution in [0.25, 0.3) is 0 Å². The van der Waals surface area contributed by atoms with Gasteiger partial charge >= 0.3 is 5.97 Å². The third kappa shape index (κ3) is 5.09. The third-order valence-electron chi connectivity index (χ3n) is 9.09. The molecule has 0 aliphatic heterocycles. The van der Waals surface area contributed by atoms with Gasteiger partial charge in [-0.05, 0) is 101 Å². The molecule has 2 aliphatic carbocycles. The first-order chi connectivity index (χ1) is 16.4. The molecule has 2 aromatic rings. The SMILES string of the molecule is CC(C)Cc1ccc([C@H](C)C(=O)Oc2cc3c(cc2C(C)C)CC[C@H]2C(C)(C)CCC[C@]32C)cc1. The van der Waals surface area contributed by atoms with Crippen LogP contribution in [0.1, 0.15) is 121 Å². The predicted molar refractivity (Wildman–Crippen MR) is 146 cm³/mol. The van der Waals surface area contributed by atoms with Crippen LogP contribution in [-0.4, -0.2) is 5.97 Å². The average molecular weight is 475 g/mol. The topological polar surface area (TPSA) is 26.3 Å². The molecule has 0 saturated heterocycles. The van der Waals surface area contributed by atoms with Gasteiger partial charge in [0.1, 0.15) is 5.75 Å². The molecule has 0 unspecified atom stereocenters. The van der Waals surface area contributed by atoms with E-state index in [-0.39, 0.29) is 17.3 Å². The van der Waals surface area contributed by atoms with Gasteiger partial charge in [-0.15, -0.1) is 0 Å². The van der Waals surface area contributed by atoms with E-state index in [1.165, 1.54) is 42.4 Å². The zero-order chi connectivity index (χ0) is 25.5. The van der Waals surface area contributed by atoms with E-state index in [9.17, 15) is 4.79 Å². The maximum atomic E-state index is 13.4. The third-order valence-corrected chi connectivity index (χ3v) is 9.09. The fraction of sp³-hybridized carbons (Fsp3) is 0.606. The quantitative estimate of drug-likeness (QED) is 0.309. The lowest BCUT2D eigenvalue weighted by molar-refractivity contribution is -0.135. The number of hydrogen-bond donors (Lipinski definition) is 0. The molecule has 3 atom stereocenters. The smallest absolute Gasteiger partial charge is 0.318 e. The Morgan fingerprint density at radius 3 is 2.31 bits per heavy atom. The Labute approximate surface area is 213 Å². The first-order valence-electron chi connectivity index (χ1n) is 13.9. The number of ether oxygens (including phenoxy) is 1. The molecular weight excluding hydrogens is 428 g/mol. The molecule has 2 heteroatoms. The molecule has 2 aromatic carbocycles. The minimum absolute atomic E-state index is 0.157. The molecule has 0 radical (unpaired) electrons. The summed E-state index contributed by atoms with van der Waals surface area (Å²) in [4.78, 5) is 13.4. The van der Waals surface area contributed by atoms with Gasteiger partial charge in [0.25, 0.3) is 0 Å². The molecule has 2 aliphatic rings. The molecule has 35 heavy (non-hydrogen) atoms. The molecule has 0 aromatic heterocycles. The number of hydrogen-bond acceptors (Lipinski definition) is 2. The van der Waals surface area contributed by atoms with E-state index in [4.69, 9.17) is 4.74 Å². The van der Waals surface area contributed by atoms with E-state index in [2.05, 4.69) is 84.9 Å². The van der Waals surface area contributed by atoms with Crippen LogP contribution in [0.4, 0.5) is 0 Å². The van der Waals surface area contributed by atoms with Crippen LogP contribution in [0.5, 0.6) is 5.75 Å². The average Bonchev–Trinajstić information content (AvgIpc) is 2.78. The van der Waals surface area contributed by atoms with Crippen molar-refractivity contribution in [3.05, 3.63) is 64.2 Å². The lowest BCUT2D eigenvalue weighted by atomic mass is 9.50. The zero-order valence-corrected chi connectivity index (χ0v) is 23.3. The van der Waals surface area contributed by atoms with Crippen LogP contribution in [0.15, 0.2) is 36.4 Å². The summed E-state index contributed by atoms with van der Waals surface area (Å²) >= 11 is 0. The summed E-state index contributed by atoms with van der Waals surface area (Å²) in [6.07, 6.45) is 7.25. The second-order valence-corrected chi connectivity index (χ2v) is 13.0. The number of esters is 1. The summed E-state index contributed by atoms with van der Waals surface area (Å²) in [5, 5.41) is 0. The lowest BCUT2D eigenvalue weighted by Gasteiger charge is -2.54. The molecule has 1 saturated carbocycles. The fourth-order valence-corrected chi connectivity index (χ4v) is 7.12. The number of aryl methyl sites for hydroxylation is 1. The highest BCUT2D eigenvalue weighted by molar-refractivity contribution is 5.80. The van der Waals surface area contributed by atoms with Gasteiger partial charge in [-0.1, -0.05) is 85.2 Å². The summed E-state index contributed by atoms with van der Waals surface area (Å²) in [7, 11) is 0. The molecule has 0 N–H and O–H groups in total. The minimum atomic E-state index is -0.295. The highest BCUT2D eigenvalue weighted by Crippen LogP contribution is 2.57. The number of carbonyl (C=O) groups is 1. The largest absolute Gasteiger partial charge is 0.426 e. The van der Waals surface area contributed by atoms with Gasteiger partial charge in [0.15, 0.2) is 0 Å². The number of fused-ring (bicyclic) bond motifs is 3. The minimum Gasteiger partial charge on any atom is -0.426 e. The lowest BCUT2D eigenvalue weighted by Crippen LogP contribution is -2.47. The van der Waals surface area contributed by atoms with Crippen molar-refractivity contribution in [2.75, 3.05) is 0 Å². The van der Waals surface area contributed by atoms with Crippen LogP contribution in [0.3, 0.4) is 0 Å². The maximum absolute atomic E-state index is 13.4. The van der Waals surface area contributed by atoms with Crippen molar-refractivity contribution in [3.8, 4) is 5.75 Å². The van der Waals surface area contributed by atoms with Crippen LogP contribution in [-0.2, 0) is 23.1 Å². The molecule has 0 bridgehead atoms. The van der Waals surface area contributed by atoms with E-state index >= 15 is 0 Å². The van der Waals surface area contributed by atoms with Gasteiger partial charge in [0.2, 0.25) is 0 Å². The highest BCUT2D eigenvalue weighted by Gasteiger charge is 2.50. The molecular formula is C33H46O2. The van der Waals surface area contributed by atoms with Crippen molar-refractivity contribution in [1.29, 1.82) is 0 Å². The molecule has 190 valence electrons. The van der Waals surface area contributed by atoms with Gasteiger partial charge in [-0.3, -0.25) is 4.79 Å². The second kappa shape index (κ2) is 9.75. The summed E-state index contributed by atoms with van der Waals surface area (Å²) in [6, 6.07) is 13.1. The van der Waals surface area contributed by atoms with Gasteiger partial charge < -0.3 is 4.74 Å².